The lowest BCUT2D eigenvalue weighted by atomic mass is 9.89. The second-order valence-corrected chi connectivity index (χ2v) is 14.2. The average molecular weight is 796 g/mol. The molecule has 8 N–H and O–H groups in total. The van der Waals surface area contributed by atoms with Crippen molar-refractivity contribution < 1.29 is 54.3 Å². The molecule has 0 saturated heterocycles. The minimum absolute atomic E-state index is 0. The van der Waals surface area contributed by atoms with Gasteiger partial charge >= 0.3 is 17.9 Å². The van der Waals surface area contributed by atoms with Crippen molar-refractivity contribution in [3.05, 3.63) is 108 Å². The van der Waals surface area contributed by atoms with Crippen LogP contribution >= 0.6 is 0 Å². The Morgan fingerprint density at radius 1 is 0.439 bits per heavy atom. The van der Waals surface area contributed by atoms with Crippen LogP contribution < -0.4 is 16.0 Å². The second kappa shape index (κ2) is 25.5. The average Bonchev–Trinajstić information content (AvgIpc) is 3.04. The molecular formula is C43H61N3O11. The number of hydrogen-bond acceptors (Lipinski definition) is 8. The molecule has 0 aliphatic rings. The first-order chi connectivity index (χ1) is 25.8. The van der Waals surface area contributed by atoms with E-state index in [1.165, 1.54) is 0 Å². The van der Waals surface area contributed by atoms with Gasteiger partial charge in [-0.15, -0.1) is 0 Å². The standard InChI is InChI=1S/C34H43N3O4.C7H10O7.2CH4/c1-25(19-28-13-7-4-8-14-28)35-31(38)22-34(41,23-32(39)36-26(2)20-29-15-9-5-10-16-29)24-33(40)37-27(3)21-30-17-11-6-12-18-30;8-4(9)1-7(14,2-5(10)11)3-6(12)13;;/h4-18,25-27,41H,19-24H2,1-3H3,(H,35,38)(H,36,39)(H,37,40);14H,1-3H2,(H,8,9)(H,10,11)(H,12,13);2*1H4. The molecule has 3 aromatic rings. The number of carboxylic acids is 3. The molecule has 0 saturated carbocycles. The Labute approximate surface area is 335 Å². The van der Waals surface area contributed by atoms with Gasteiger partial charge in [0.15, 0.2) is 0 Å². The fourth-order valence-electron chi connectivity index (χ4n) is 6.15. The van der Waals surface area contributed by atoms with Gasteiger partial charge in [-0.3, -0.25) is 28.8 Å². The summed E-state index contributed by atoms with van der Waals surface area (Å²) in [5.41, 5.74) is -0.843. The van der Waals surface area contributed by atoms with Crippen molar-refractivity contribution in [3.8, 4) is 0 Å². The highest BCUT2D eigenvalue weighted by Crippen LogP contribution is 2.22. The highest BCUT2D eigenvalue weighted by Gasteiger charge is 2.37. The molecule has 0 heterocycles. The van der Waals surface area contributed by atoms with E-state index in [9.17, 15) is 39.0 Å². The third-order valence-electron chi connectivity index (χ3n) is 8.29. The molecule has 0 aliphatic carbocycles. The summed E-state index contributed by atoms with van der Waals surface area (Å²) in [6, 6.07) is 28.8. The Morgan fingerprint density at radius 2 is 0.649 bits per heavy atom. The van der Waals surface area contributed by atoms with Crippen LogP contribution in [0.15, 0.2) is 91.0 Å². The molecule has 314 valence electrons. The first-order valence-corrected chi connectivity index (χ1v) is 18.0. The van der Waals surface area contributed by atoms with Crippen LogP contribution in [-0.4, -0.2) is 90.5 Å². The number of carbonyl (C=O) groups excluding carboxylic acids is 3. The van der Waals surface area contributed by atoms with Crippen LogP contribution in [0.1, 0.15) is 90.8 Å². The smallest absolute Gasteiger partial charge is 0.306 e. The summed E-state index contributed by atoms with van der Waals surface area (Å²) in [5.74, 6) is -5.58. The van der Waals surface area contributed by atoms with Gasteiger partial charge in [-0.1, -0.05) is 106 Å². The lowest BCUT2D eigenvalue weighted by Gasteiger charge is -2.29. The number of rotatable bonds is 21. The summed E-state index contributed by atoms with van der Waals surface area (Å²) in [5, 5.41) is 54.7. The van der Waals surface area contributed by atoms with Crippen LogP contribution in [0.2, 0.25) is 0 Å². The van der Waals surface area contributed by atoms with Crippen molar-refractivity contribution in [1.29, 1.82) is 0 Å². The molecule has 3 rings (SSSR count). The van der Waals surface area contributed by atoms with Crippen molar-refractivity contribution in [3.63, 3.8) is 0 Å². The highest BCUT2D eigenvalue weighted by atomic mass is 16.4. The summed E-state index contributed by atoms with van der Waals surface area (Å²) in [6.07, 6.45) is -1.96. The third kappa shape index (κ3) is 22.5. The monoisotopic (exact) mass is 795 g/mol. The van der Waals surface area contributed by atoms with Gasteiger partial charge in [0, 0.05) is 18.1 Å². The number of hydrogen-bond donors (Lipinski definition) is 8. The third-order valence-corrected chi connectivity index (χ3v) is 8.29. The molecule has 14 heteroatoms. The minimum atomic E-state index is -2.23. The number of carbonyl (C=O) groups is 6. The molecule has 14 nitrogen and oxygen atoms in total. The largest absolute Gasteiger partial charge is 0.481 e. The van der Waals surface area contributed by atoms with Crippen LogP contribution in [0.3, 0.4) is 0 Å². The number of nitrogens with one attached hydrogen (secondary N) is 3. The number of benzene rings is 3. The lowest BCUT2D eigenvalue weighted by molar-refractivity contribution is -0.154. The molecule has 0 aliphatic heterocycles. The molecule has 3 unspecified atom stereocenters. The molecule has 0 fully saturated rings. The Morgan fingerprint density at radius 3 is 0.860 bits per heavy atom. The van der Waals surface area contributed by atoms with Crippen LogP contribution in [0.5, 0.6) is 0 Å². The van der Waals surface area contributed by atoms with E-state index in [2.05, 4.69) is 16.0 Å². The van der Waals surface area contributed by atoms with Gasteiger partial charge in [-0.05, 0) is 56.7 Å². The van der Waals surface area contributed by atoms with Gasteiger partial charge in [0.1, 0.15) is 0 Å². The summed E-state index contributed by atoms with van der Waals surface area (Å²) >= 11 is 0. The fraction of sp³-hybridized carbons (Fsp3) is 0.442. The predicted octanol–water partition coefficient (Wildman–Crippen LogP) is 4.54. The Hall–Kier alpha value is -5.60. The number of amides is 3. The normalized spacial score (nSPS) is 13.2. The number of aliphatic carboxylic acids is 3. The topological polar surface area (TPSA) is 240 Å². The molecule has 0 bridgehead atoms. The molecule has 0 spiro atoms. The zero-order valence-electron chi connectivity index (χ0n) is 31.4. The zero-order valence-corrected chi connectivity index (χ0v) is 31.4. The maximum atomic E-state index is 13.0. The molecular weight excluding hydrogens is 734 g/mol. The molecule has 3 aromatic carbocycles. The highest BCUT2D eigenvalue weighted by molar-refractivity contribution is 5.85. The minimum Gasteiger partial charge on any atom is -0.481 e. The Bertz CT molecular complexity index is 1490. The van der Waals surface area contributed by atoms with Crippen molar-refractivity contribution in [2.75, 3.05) is 0 Å². The van der Waals surface area contributed by atoms with E-state index >= 15 is 0 Å². The first-order valence-electron chi connectivity index (χ1n) is 18.0. The van der Waals surface area contributed by atoms with Gasteiger partial charge in [-0.25, -0.2) is 0 Å². The molecule has 57 heavy (non-hydrogen) atoms. The van der Waals surface area contributed by atoms with E-state index in [0.29, 0.717) is 19.3 Å². The van der Waals surface area contributed by atoms with Crippen molar-refractivity contribution in [1.82, 2.24) is 16.0 Å². The lowest BCUT2D eigenvalue weighted by Crippen LogP contribution is -2.48. The molecule has 3 amide bonds. The molecule has 3 atom stereocenters. The van der Waals surface area contributed by atoms with E-state index < -0.39 is 66.1 Å². The van der Waals surface area contributed by atoms with E-state index in [0.717, 1.165) is 16.7 Å². The number of carboxylic acid groups (broad SMARTS) is 3. The van der Waals surface area contributed by atoms with Gasteiger partial charge in [0.05, 0.1) is 49.7 Å². The maximum Gasteiger partial charge on any atom is 0.306 e. The Kier molecular flexibility index (Phi) is 23.0. The van der Waals surface area contributed by atoms with Gasteiger partial charge in [0.25, 0.3) is 0 Å². The maximum absolute atomic E-state index is 13.0. The number of aliphatic hydroxyl groups is 2. The fourth-order valence-corrected chi connectivity index (χ4v) is 6.15. The summed E-state index contributed by atoms with van der Waals surface area (Å²) < 4.78 is 0. The molecule has 0 aromatic heterocycles. The van der Waals surface area contributed by atoms with Crippen LogP contribution in [-0.2, 0) is 48.0 Å². The predicted molar refractivity (Wildman–Crippen MR) is 217 cm³/mol. The van der Waals surface area contributed by atoms with Gasteiger partial charge in [-0.2, -0.15) is 0 Å². The first kappa shape index (κ1) is 51.4. The van der Waals surface area contributed by atoms with Crippen LogP contribution in [0.25, 0.3) is 0 Å². The van der Waals surface area contributed by atoms with E-state index in [4.69, 9.17) is 15.3 Å². The Balaban J connectivity index is 0.00000167. The van der Waals surface area contributed by atoms with E-state index in [1.807, 2.05) is 112 Å². The quantitative estimate of drug-likeness (QED) is 0.0745. The zero-order chi connectivity index (χ0) is 41.0. The SMILES string of the molecule is C.C.CC(Cc1ccccc1)NC(=O)CC(O)(CC(=O)NC(C)Cc1ccccc1)CC(=O)NC(C)Cc1ccccc1.O=C(O)CC(O)(CC(=O)O)CC(=O)O. The summed E-state index contributed by atoms with van der Waals surface area (Å²) in [6.45, 7) is 5.67. The summed E-state index contributed by atoms with van der Waals surface area (Å²) in [4.78, 5) is 69.7. The van der Waals surface area contributed by atoms with E-state index in [1.54, 1.807) is 0 Å². The van der Waals surface area contributed by atoms with Crippen molar-refractivity contribution in [2.24, 2.45) is 0 Å². The van der Waals surface area contributed by atoms with Crippen LogP contribution in [0, 0.1) is 0 Å². The van der Waals surface area contributed by atoms with Gasteiger partial charge < -0.3 is 41.5 Å². The van der Waals surface area contributed by atoms with E-state index in [-0.39, 0.29) is 52.2 Å². The van der Waals surface area contributed by atoms with Crippen LogP contribution in [0.4, 0.5) is 0 Å². The second-order valence-electron chi connectivity index (χ2n) is 14.2. The van der Waals surface area contributed by atoms with Crippen molar-refractivity contribution >= 4 is 35.6 Å². The van der Waals surface area contributed by atoms with Crippen molar-refractivity contribution in [2.45, 2.75) is 123 Å². The summed E-state index contributed by atoms with van der Waals surface area (Å²) in [7, 11) is 0. The van der Waals surface area contributed by atoms with Gasteiger partial charge in [0.2, 0.25) is 17.7 Å². The molecule has 0 radical (unpaired) electrons.